The third-order valence-corrected chi connectivity index (χ3v) is 6.07. The number of benzene rings is 1. The molecule has 0 heterocycles. The molecule has 102 valence electrons. The first-order chi connectivity index (χ1) is 9.22. The van der Waals surface area contributed by atoms with Gasteiger partial charge in [-0.25, -0.2) is 0 Å². The SMILES string of the molecule is Nc1ccccc1C(N)C1C2CC3CC(C2)CC1C3. The molecule has 4 N–H and O–H groups in total. The topological polar surface area (TPSA) is 52.0 Å². The summed E-state index contributed by atoms with van der Waals surface area (Å²) >= 11 is 0. The summed E-state index contributed by atoms with van der Waals surface area (Å²) in [5.41, 5.74) is 14.8. The van der Waals surface area contributed by atoms with E-state index in [0.717, 1.165) is 29.4 Å². The minimum Gasteiger partial charge on any atom is -0.398 e. The molecule has 4 aliphatic rings. The van der Waals surface area contributed by atoms with Gasteiger partial charge >= 0.3 is 0 Å². The summed E-state index contributed by atoms with van der Waals surface area (Å²) in [5.74, 6) is 4.44. The first-order valence-corrected chi connectivity index (χ1v) is 7.82. The molecule has 4 saturated carbocycles. The van der Waals surface area contributed by atoms with Crippen molar-refractivity contribution in [3.05, 3.63) is 29.8 Å². The predicted molar refractivity (Wildman–Crippen MR) is 78.3 cm³/mol. The summed E-state index contributed by atoms with van der Waals surface area (Å²) in [4.78, 5) is 0. The van der Waals surface area contributed by atoms with Gasteiger partial charge in [0.25, 0.3) is 0 Å². The lowest BCUT2D eigenvalue weighted by Crippen LogP contribution is -2.48. The van der Waals surface area contributed by atoms with Crippen LogP contribution in [0.3, 0.4) is 0 Å². The third kappa shape index (κ3) is 1.80. The smallest absolute Gasteiger partial charge is 0.0362 e. The summed E-state index contributed by atoms with van der Waals surface area (Å²) in [5, 5.41) is 0. The quantitative estimate of drug-likeness (QED) is 0.797. The first-order valence-electron chi connectivity index (χ1n) is 7.82. The fraction of sp³-hybridized carbons (Fsp3) is 0.647. The summed E-state index contributed by atoms with van der Waals surface area (Å²) in [7, 11) is 0. The molecule has 19 heavy (non-hydrogen) atoms. The van der Waals surface area contributed by atoms with Crippen molar-refractivity contribution < 1.29 is 0 Å². The standard InChI is InChI=1S/C17H24N2/c18-15-4-2-1-3-14(15)17(19)16-12-6-10-5-11(8-12)9-13(16)7-10/h1-4,10-13,16-17H,5-9,18-19H2. The van der Waals surface area contributed by atoms with Gasteiger partial charge in [-0.3, -0.25) is 0 Å². The van der Waals surface area contributed by atoms with E-state index >= 15 is 0 Å². The Balaban J connectivity index is 1.64. The van der Waals surface area contributed by atoms with Crippen LogP contribution >= 0.6 is 0 Å². The Morgan fingerprint density at radius 2 is 1.47 bits per heavy atom. The van der Waals surface area contributed by atoms with Crippen molar-refractivity contribution in [2.45, 2.75) is 38.1 Å². The Labute approximate surface area is 115 Å². The van der Waals surface area contributed by atoms with Crippen molar-refractivity contribution in [1.82, 2.24) is 0 Å². The van der Waals surface area contributed by atoms with Crippen molar-refractivity contribution in [1.29, 1.82) is 0 Å². The number of hydrogen-bond donors (Lipinski definition) is 2. The van der Waals surface area contributed by atoms with E-state index in [1.807, 2.05) is 12.1 Å². The van der Waals surface area contributed by atoms with E-state index < -0.39 is 0 Å². The molecule has 4 bridgehead atoms. The summed E-state index contributed by atoms with van der Waals surface area (Å²) in [6, 6.07) is 8.34. The van der Waals surface area contributed by atoms with Crippen molar-refractivity contribution in [3.8, 4) is 0 Å². The van der Waals surface area contributed by atoms with Gasteiger partial charge in [-0.05, 0) is 73.3 Å². The minimum absolute atomic E-state index is 0.149. The van der Waals surface area contributed by atoms with Crippen LogP contribution in [0.25, 0.3) is 0 Å². The van der Waals surface area contributed by atoms with Crippen LogP contribution in [0.2, 0.25) is 0 Å². The largest absolute Gasteiger partial charge is 0.398 e. The molecule has 0 aliphatic heterocycles. The Morgan fingerprint density at radius 3 is 2.05 bits per heavy atom. The molecule has 1 unspecified atom stereocenters. The van der Waals surface area contributed by atoms with E-state index in [0.29, 0.717) is 5.92 Å². The Bertz CT molecular complexity index is 454. The fourth-order valence-corrected chi connectivity index (χ4v) is 5.58. The monoisotopic (exact) mass is 256 g/mol. The van der Waals surface area contributed by atoms with Crippen molar-refractivity contribution in [2.75, 3.05) is 5.73 Å². The highest BCUT2D eigenvalue weighted by molar-refractivity contribution is 5.48. The van der Waals surface area contributed by atoms with E-state index in [1.165, 1.54) is 37.7 Å². The summed E-state index contributed by atoms with van der Waals surface area (Å²) in [6.07, 6.45) is 7.22. The second kappa shape index (κ2) is 4.24. The minimum atomic E-state index is 0.149. The number of nitrogen functional groups attached to an aromatic ring is 1. The lowest BCUT2D eigenvalue weighted by Gasteiger charge is -2.56. The number of rotatable bonds is 2. The summed E-state index contributed by atoms with van der Waals surface area (Å²) in [6.45, 7) is 0. The van der Waals surface area contributed by atoms with Crippen LogP contribution in [0.4, 0.5) is 5.69 Å². The maximum atomic E-state index is 6.64. The predicted octanol–water partition coefficient (Wildman–Crippen LogP) is 3.34. The first kappa shape index (κ1) is 11.8. The lowest BCUT2D eigenvalue weighted by molar-refractivity contribution is -0.0470. The molecule has 0 spiro atoms. The molecular weight excluding hydrogens is 232 g/mol. The van der Waals surface area contributed by atoms with Crippen LogP contribution in [-0.2, 0) is 0 Å². The Morgan fingerprint density at radius 1 is 0.895 bits per heavy atom. The summed E-state index contributed by atoms with van der Waals surface area (Å²) < 4.78 is 0. The van der Waals surface area contributed by atoms with Crippen LogP contribution in [0, 0.1) is 29.6 Å². The average molecular weight is 256 g/mol. The van der Waals surface area contributed by atoms with Gasteiger partial charge in [0.15, 0.2) is 0 Å². The van der Waals surface area contributed by atoms with Crippen LogP contribution in [0.15, 0.2) is 24.3 Å². The molecule has 1 aromatic carbocycles. The average Bonchev–Trinajstić information content (AvgIpc) is 2.37. The van der Waals surface area contributed by atoms with Crippen LogP contribution < -0.4 is 11.5 Å². The molecule has 1 atom stereocenters. The molecule has 0 amide bonds. The van der Waals surface area contributed by atoms with E-state index in [2.05, 4.69) is 12.1 Å². The molecule has 2 nitrogen and oxygen atoms in total. The van der Waals surface area contributed by atoms with Crippen molar-refractivity contribution in [2.24, 2.45) is 35.3 Å². The van der Waals surface area contributed by atoms with Gasteiger partial charge in [-0.15, -0.1) is 0 Å². The van der Waals surface area contributed by atoms with Crippen molar-refractivity contribution in [3.63, 3.8) is 0 Å². The van der Waals surface area contributed by atoms with Gasteiger partial charge in [0.2, 0.25) is 0 Å². The number of hydrogen-bond acceptors (Lipinski definition) is 2. The molecule has 2 heteroatoms. The molecule has 4 aliphatic carbocycles. The second-order valence-electron chi connectivity index (χ2n) is 7.16. The van der Waals surface area contributed by atoms with Crippen LogP contribution in [0.1, 0.15) is 43.7 Å². The highest BCUT2D eigenvalue weighted by Gasteiger charge is 2.50. The number of para-hydroxylation sites is 1. The van der Waals surface area contributed by atoms with Gasteiger partial charge in [0.1, 0.15) is 0 Å². The van der Waals surface area contributed by atoms with Gasteiger partial charge in [-0.1, -0.05) is 18.2 Å². The third-order valence-electron chi connectivity index (χ3n) is 6.07. The van der Waals surface area contributed by atoms with Gasteiger partial charge in [-0.2, -0.15) is 0 Å². The maximum Gasteiger partial charge on any atom is 0.0362 e. The van der Waals surface area contributed by atoms with Crippen molar-refractivity contribution >= 4 is 5.69 Å². The Kier molecular flexibility index (Phi) is 2.63. The number of anilines is 1. The zero-order chi connectivity index (χ0) is 13.0. The zero-order valence-corrected chi connectivity index (χ0v) is 11.5. The highest BCUT2D eigenvalue weighted by atomic mass is 14.7. The molecule has 4 fully saturated rings. The molecular formula is C17H24N2. The van der Waals surface area contributed by atoms with Gasteiger partial charge in [0.05, 0.1) is 0 Å². The van der Waals surface area contributed by atoms with Gasteiger partial charge < -0.3 is 11.5 Å². The zero-order valence-electron chi connectivity index (χ0n) is 11.5. The normalized spacial score (nSPS) is 41.4. The molecule has 1 aromatic rings. The fourth-order valence-electron chi connectivity index (χ4n) is 5.58. The lowest BCUT2D eigenvalue weighted by atomic mass is 9.50. The van der Waals surface area contributed by atoms with Crippen LogP contribution in [0.5, 0.6) is 0 Å². The molecule has 5 rings (SSSR count). The molecule has 0 aromatic heterocycles. The van der Waals surface area contributed by atoms with Crippen LogP contribution in [-0.4, -0.2) is 0 Å². The second-order valence-corrected chi connectivity index (χ2v) is 7.16. The van der Waals surface area contributed by atoms with E-state index in [4.69, 9.17) is 11.5 Å². The molecule has 0 radical (unpaired) electrons. The van der Waals surface area contributed by atoms with E-state index in [9.17, 15) is 0 Å². The Hall–Kier alpha value is -1.02. The van der Waals surface area contributed by atoms with E-state index in [-0.39, 0.29) is 6.04 Å². The molecule has 0 saturated heterocycles. The van der Waals surface area contributed by atoms with E-state index in [1.54, 1.807) is 0 Å². The van der Waals surface area contributed by atoms with Gasteiger partial charge in [0, 0.05) is 11.7 Å². The highest BCUT2D eigenvalue weighted by Crippen LogP contribution is 2.59. The maximum absolute atomic E-state index is 6.64. The number of nitrogens with two attached hydrogens (primary N) is 2.